The normalized spacial score (nSPS) is 33.8. The molecule has 1 aromatic rings. The first-order chi connectivity index (χ1) is 8.74. The lowest BCUT2D eigenvalue weighted by molar-refractivity contribution is 0.131. The Bertz CT molecular complexity index is 364. The summed E-state index contributed by atoms with van der Waals surface area (Å²) in [6.07, 6.45) is 7.59. The van der Waals surface area contributed by atoms with Gasteiger partial charge in [-0.25, -0.2) is 0 Å². The average Bonchev–Trinajstić information content (AvgIpc) is 2.94. The maximum atomic E-state index is 4.15. The lowest BCUT2D eigenvalue weighted by Crippen LogP contribution is -2.42. The Morgan fingerprint density at radius 2 is 2.17 bits per heavy atom. The van der Waals surface area contributed by atoms with Crippen LogP contribution in [0.25, 0.3) is 0 Å². The second kappa shape index (κ2) is 5.27. The molecule has 100 valence electrons. The number of aromatic nitrogens is 1. The molecule has 0 spiro atoms. The minimum Gasteiger partial charge on any atom is -0.309 e. The van der Waals surface area contributed by atoms with Crippen LogP contribution >= 0.6 is 11.3 Å². The van der Waals surface area contributed by atoms with Crippen molar-refractivity contribution in [2.24, 2.45) is 5.92 Å². The molecule has 3 unspecified atom stereocenters. The molecular weight excluding hydrogens is 242 g/mol. The fourth-order valence-electron chi connectivity index (χ4n) is 3.57. The summed E-state index contributed by atoms with van der Waals surface area (Å²) in [5.41, 5.74) is 1.92. The molecule has 1 aromatic heterocycles. The molecule has 0 amide bonds. The second-order valence-corrected chi connectivity index (χ2v) is 6.84. The van der Waals surface area contributed by atoms with Gasteiger partial charge in [0.1, 0.15) is 0 Å². The fraction of sp³-hybridized carbons (Fsp3) is 0.786. The third-order valence-corrected chi connectivity index (χ3v) is 5.75. The second-order valence-electron chi connectivity index (χ2n) is 5.92. The van der Waals surface area contributed by atoms with Crippen molar-refractivity contribution in [2.75, 3.05) is 13.6 Å². The van der Waals surface area contributed by atoms with Crippen LogP contribution in [0.15, 0.2) is 11.7 Å². The van der Waals surface area contributed by atoms with Gasteiger partial charge in [0, 0.05) is 29.2 Å². The molecule has 0 radical (unpaired) electrons. The van der Waals surface area contributed by atoms with E-state index in [0.717, 1.165) is 18.0 Å². The molecule has 2 aliphatic heterocycles. The Kier molecular flexibility index (Phi) is 3.68. The summed E-state index contributed by atoms with van der Waals surface area (Å²) in [7, 11) is 2.31. The molecule has 3 atom stereocenters. The van der Waals surface area contributed by atoms with Crippen LogP contribution in [-0.2, 0) is 0 Å². The fourth-order valence-corrected chi connectivity index (χ4v) is 4.23. The third kappa shape index (κ3) is 2.46. The molecule has 2 bridgehead atoms. The molecule has 0 aromatic carbocycles. The Balaban J connectivity index is 1.50. The summed E-state index contributed by atoms with van der Waals surface area (Å²) in [5.74, 6) is 0.870. The molecule has 0 saturated carbocycles. The predicted molar refractivity (Wildman–Crippen MR) is 75.8 cm³/mol. The number of hydrogen-bond donors (Lipinski definition) is 1. The Morgan fingerprint density at radius 3 is 2.78 bits per heavy atom. The smallest absolute Gasteiger partial charge is 0.0794 e. The van der Waals surface area contributed by atoms with Gasteiger partial charge in [0.05, 0.1) is 5.51 Å². The molecule has 0 aliphatic carbocycles. The summed E-state index contributed by atoms with van der Waals surface area (Å²) >= 11 is 1.75. The van der Waals surface area contributed by atoms with Crippen LogP contribution in [0.2, 0.25) is 0 Å². The number of nitrogens with one attached hydrogen (secondary N) is 1. The SMILES string of the molecule is CC(NCC1CC2CCC(C1)N2C)c1cncs1. The molecule has 4 heteroatoms. The summed E-state index contributed by atoms with van der Waals surface area (Å²) < 4.78 is 0. The molecule has 2 fully saturated rings. The molecule has 2 saturated heterocycles. The first-order valence-corrected chi connectivity index (χ1v) is 7.95. The van der Waals surface area contributed by atoms with Gasteiger partial charge >= 0.3 is 0 Å². The monoisotopic (exact) mass is 265 g/mol. The molecule has 3 nitrogen and oxygen atoms in total. The number of thiazole rings is 1. The first kappa shape index (κ1) is 12.6. The summed E-state index contributed by atoms with van der Waals surface area (Å²) in [4.78, 5) is 8.12. The highest BCUT2D eigenvalue weighted by Gasteiger charge is 2.38. The lowest BCUT2D eigenvalue weighted by atomic mass is 9.91. The van der Waals surface area contributed by atoms with Crippen LogP contribution < -0.4 is 5.32 Å². The van der Waals surface area contributed by atoms with Crippen molar-refractivity contribution in [3.8, 4) is 0 Å². The van der Waals surface area contributed by atoms with E-state index in [2.05, 4.69) is 29.2 Å². The quantitative estimate of drug-likeness (QED) is 0.907. The topological polar surface area (TPSA) is 28.2 Å². The predicted octanol–water partition coefficient (Wildman–Crippen LogP) is 2.67. The standard InChI is InChI=1S/C14H23N3S/c1-10(14-8-15-9-18-14)16-7-11-5-12-3-4-13(6-11)17(12)2/h8-13,16H,3-7H2,1-2H3. The van der Waals surface area contributed by atoms with Gasteiger partial charge in [-0.15, -0.1) is 11.3 Å². The van der Waals surface area contributed by atoms with Crippen molar-refractivity contribution >= 4 is 11.3 Å². The van der Waals surface area contributed by atoms with Gasteiger partial charge < -0.3 is 10.2 Å². The number of fused-ring (bicyclic) bond motifs is 2. The Hall–Kier alpha value is -0.450. The number of rotatable bonds is 4. The number of piperidine rings is 1. The highest BCUT2D eigenvalue weighted by atomic mass is 32.1. The van der Waals surface area contributed by atoms with Crippen LogP contribution in [-0.4, -0.2) is 35.6 Å². The van der Waals surface area contributed by atoms with E-state index in [1.165, 1.54) is 37.1 Å². The van der Waals surface area contributed by atoms with Crippen molar-refractivity contribution in [3.05, 3.63) is 16.6 Å². The third-order valence-electron chi connectivity index (χ3n) is 4.79. The Morgan fingerprint density at radius 1 is 1.44 bits per heavy atom. The van der Waals surface area contributed by atoms with Crippen LogP contribution in [0.4, 0.5) is 0 Å². The maximum absolute atomic E-state index is 4.15. The van der Waals surface area contributed by atoms with Crippen molar-refractivity contribution < 1.29 is 0 Å². The van der Waals surface area contributed by atoms with Crippen molar-refractivity contribution in [1.82, 2.24) is 15.2 Å². The molecule has 3 rings (SSSR count). The lowest BCUT2D eigenvalue weighted by Gasteiger charge is -2.36. The van der Waals surface area contributed by atoms with E-state index in [1.807, 2.05) is 11.7 Å². The van der Waals surface area contributed by atoms with E-state index in [0.29, 0.717) is 6.04 Å². The zero-order chi connectivity index (χ0) is 12.5. The van der Waals surface area contributed by atoms with Crippen molar-refractivity contribution in [1.29, 1.82) is 0 Å². The number of hydrogen-bond acceptors (Lipinski definition) is 4. The summed E-state index contributed by atoms with van der Waals surface area (Å²) in [6.45, 7) is 3.41. The van der Waals surface area contributed by atoms with E-state index in [4.69, 9.17) is 0 Å². The minimum absolute atomic E-state index is 0.454. The Labute approximate surface area is 114 Å². The van der Waals surface area contributed by atoms with Gasteiger partial charge in [-0.05, 0) is 52.1 Å². The van der Waals surface area contributed by atoms with Crippen molar-refractivity contribution in [3.63, 3.8) is 0 Å². The van der Waals surface area contributed by atoms with Gasteiger partial charge in [-0.3, -0.25) is 4.98 Å². The maximum Gasteiger partial charge on any atom is 0.0794 e. The highest BCUT2D eigenvalue weighted by Crippen LogP contribution is 2.37. The molecule has 3 heterocycles. The first-order valence-electron chi connectivity index (χ1n) is 7.07. The highest BCUT2D eigenvalue weighted by molar-refractivity contribution is 7.09. The minimum atomic E-state index is 0.454. The van der Waals surface area contributed by atoms with Crippen LogP contribution in [0.3, 0.4) is 0 Å². The van der Waals surface area contributed by atoms with Gasteiger partial charge in [0.2, 0.25) is 0 Å². The van der Waals surface area contributed by atoms with Gasteiger partial charge in [0.25, 0.3) is 0 Å². The van der Waals surface area contributed by atoms with E-state index < -0.39 is 0 Å². The van der Waals surface area contributed by atoms with E-state index in [9.17, 15) is 0 Å². The van der Waals surface area contributed by atoms with E-state index in [-0.39, 0.29) is 0 Å². The van der Waals surface area contributed by atoms with Crippen LogP contribution in [0.1, 0.15) is 43.5 Å². The average molecular weight is 265 g/mol. The van der Waals surface area contributed by atoms with Crippen LogP contribution in [0, 0.1) is 5.92 Å². The van der Waals surface area contributed by atoms with Crippen molar-refractivity contribution in [2.45, 2.75) is 50.7 Å². The largest absolute Gasteiger partial charge is 0.309 e. The molecular formula is C14H23N3S. The molecule has 2 aliphatic rings. The number of nitrogens with zero attached hydrogens (tertiary/aromatic N) is 2. The zero-order valence-electron chi connectivity index (χ0n) is 11.3. The zero-order valence-corrected chi connectivity index (χ0v) is 12.1. The molecule has 1 N–H and O–H groups in total. The van der Waals surface area contributed by atoms with Crippen LogP contribution in [0.5, 0.6) is 0 Å². The van der Waals surface area contributed by atoms with Gasteiger partial charge in [0.15, 0.2) is 0 Å². The van der Waals surface area contributed by atoms with Gasteiger partial charge in [-0.1, -0.05) is 0 Å². The van der Waals surface area contributed by atoms with E-state index in [1.54, 1.807) is 11.3 Å². The van der Waals surface area contributed by atoms with E-state index >= 15 is 0 Å². The van der Waals surface area contributed by atoms with Gasteiger partial charge in [-0.2, -0.15) is 0 Å². The summed E-state index contributed by atoms with van der Waals surface area (Å²) in [5, 5.41) is 3.69. The molecule has 18 heavy (non-hydrogen) atoms. The summed E-state index contributed by atoms with van der Waals surface area (Å²) in [6, 6.07) is 2.17.